The number of carbonyl (C=O) groups is 1. The fourth-order valence-electron chi connectivity index (χ4n) is 3.53. The Kier molecular flexibility index (Phi) is 6.71. The van der Waals surface area contributed by atoms with E-state index in [-0.39, 0.29) is 18.6 Å². The molecule has 2 aromatic rings. The quantitative estimate of drug-likeness (QED) is 0.439. The zero-order valence-electron chi connectivity index (χ0n) is 16.6. The molecule has 0 bridgehead atoms. The Morgan fingerprint density at radius 1 is 1.41 bits per heavy atom. The van der Waals surface area contributed by atoms with Crippen LogP contribution in [0.15, 0.2) is 30.1 Å². The summed E-state index contributed by atoms with van der Waals surface area (Å²) in [6, 6.07) is 7.50. The van der Waals surface area contributed by atoms with Crippen molar-refractivity contribution in [1.29, 1.82) is 5.41 Å². The van der Waals surface area contributed by atoms with E-state index < -0.39 is 12.2 Å². The van der Waals surface area contributed by atoms with E-state index in [0.29, 0.717) is 41.5 Å². The van der Waals surface area contributed by atoms with Crippen molar-refractivity contribution < 1.29 is 14.6 Å². The number of carbonyl (C=O) groups excluding carboxylic acids is 1. The molecule has 8 nitrogen and oxygen atoms in total. The van der Waals surface area contributed by atoms with Crippen LogP contribution in [0.25, 0.3) is 15.8 Å². The molecular weight excluding hydrogens is 390 g/mol. The normalized spacial score (nSPS) is 22.2. The Hall–Kier alpha value is -2.65. The van der Waals surface area contributed by atoms with Gasteiger partial charge < -0.3 is 31.6 Å². The lowest BCUT2D eigenvalue weighted by molar-refractivity contribution is 0.119. The molecule has 1 saturated carbocycles. The molecule has 1 aliphatic rings. The standard InChI is InChI=1S/C20H27N5O3S/c1-3-23-20(27)28-10-12-8-14(15(26)9-12)24-18(22)17(11(2)21)19-25-13-6-4-5-7-16(13)29-19/h4-7,12,14-15,21,24,26H,3,8-10,22H2,1-2H3,(H,23,27)/b18-17-,21-11?/t12-,14+,15+/m0/s1. The van der Waals surface area contributed by atoms with E-state index in [4.69, 9.17) is 15.9 Å². The van der Waals surface area contributed by atoms with Crippen LogP contribution in [0.1, 0.15) is 31.7 Å². The van der Waals surface area contributed by atoms with Gasteiger partial charge in [-0.1, -0.05) is 12.1 Å². The largest absolute Gasteiger partial charge is 0.449 e. The zero-order valence-corrected chi connectivity index (χ0v) is 17.4. The van der Waals surface area contributed by atoms with E-state index in [1.165, 1.54) is 11.3 Å². The molecule has 1 aliphatic carbocycles. The number of aliphatic hydroxyl groups excluding tert-OH is 1. The molecule has 0 saturated heterocycles. The Labute approximate surface area is 173 Å². The zero-order chi connectivity index (χ0) is 21.0. The van der Waals surface area contributed by atoms with Crippen LogP contribution >= 0.6 is 11.3 Å². The number of hydrogen-bond acceptors (Lipinski definition) is 8. The van der Waals surface area contributed by atoms with Gasteiger partial charge in [0, 0.05) is 12.3 Å². The van der Waals surface area contributed by atoms with Crippen molar-refractivity contribution in [2.24, 2.45) is 11.7 Å². The van der Waals surface area contributed by atoms with Gasteiger partial charge >= 0.3 is 6.09 Å². The van der Waals surface area contributed by atoms with E-state index in [0.717, 1.165) is 10.2 Å². The van der Waals surface area contributed by atoms with Gasteiger partial charge in [-0.3, -0.25) is 0 Å². The van der Waals surface area contributed by atoms with Crippen molar-refractivity contribution in [2.45, 2.75) is 38.8 Å². The second kappa shape index (κ2) is 9.23. The first-order valence-corrected chi connectivity index (χ1v) is 10.5. The Morgan fingerprint density at radius 3 is 2.86 bits per heavy atom. The topological polar surface area (TPSA) is 133 Å². The molecular formula is C20H27N5O3S. The van der Waals surface area contributed by atoms with Crippen LogP contribution in [-0.2, 0) is 4.74 Å². The highest BCUT2D eigenvalue weighted by Crippen LogP contribution is 2.30. The smallest absolute Gasteiger partial charge is 0.407 e. The summed E-state index contributed by atoms with van der Waals surface area (Å²) in [5.41, 5.74) is 8.02. The fourth-order valence-corrected chi connectivity index (χ4v) is 4.61. The Morgan fingerprint density at radius 2 is 2.17 bits per heavy atom. The maximum Gasteiger partial charge on any atom is 0.407 e. The van der Waals surface area contributed by atoms with Gasteiger partial charge in [-0.05, 0) is 44.7 Å². The highest BCUT2D eigenvalue weighted by atomic mass is 32.1. The molecule has 1 aromatic carbocycles. The van der Waals surface area contributed by atoms with Crippen LogP contribution in [0.3, 0.4) is 0 Å². The summed E-state index contributed by atoms with van der Waals surface area (Å²) in [6.07, 6.45) is 0.0740. The number of amides is 1. The monoisotopic (exact) mass is 417 g/mol. The molecule has 29 heavy (non-hydrogen) atoms. The number of benzene rings is 1. The lowest BCUT2D eigenvalue weighted by Gasteiger charge is -2.20. The highest BCUT2D eigenvalue weighted by Gasteiger charge is 2.34. The number of nitrogens with zero attached hydrogens (tertiary/aromatic N) is 1. The number of ether oxygens (including phenoxy) is 1. The van der Waals surface area contributed by atoms with Crippen molar-refractivity contribution in [1.82, 2.24) is 15.6 Å². The SMILES string of the molecule is CCNC(=O)OC[C@@H]1C[C@@H](O)[C@H](N/C(N)=C(/C(C)=N)c2nc3ccccc3s2)C1. The molecule has 6 N–H and O–H groups in total. The Bertz CT molecular complexity index is 893. The molecule has 156 valence electrons. The lowest BCUT2D eigenvalue weighted by atomic mass is 10.1. The first-order chi connectivity index (χ1) is 13.9. The van der Waals surface area contributed by atoms with Gasteiger partial charge in [-0.2, -0.15) is 0 Å². The molecule has 1 heterocycles. The summed E-state index contributed by atoms with van der Waals surface area (Å²) >= 11 is 1.48. The van der Waals surface area contributed by atoms with Crippen LogP contribution < -0.4 is 16.4 Å². The summed E-state index contributed by atoms with van der Waals surface area (Å²) in [5.74, 6) is 0.371. The number of nitrogens with one attached hydrogen (secondary N) is 3. The summed E-state index contributed by atoms with van der Waals surface area (Å²) in [7, 11) is 0. The number of thiazole rings is 1. The summed E-state index contributed by atoms with van der Waals surface area (Å²) in [5, 5.41) is 25.0. The number of para-hydroxylation sites is 1. The van der Waals surface area contributed by atoms with Crippen molar-refractivity contribution in [2.75, 3.05) is 13.2 Å². The molecule has 0 unspecified atom stereocenters. The van der Waals surface area contributed by atoms with E-state index in [1.807, 2.05) is 31.2 Å². The van der Waals surface area contributed by atoms with Crippen LogP contribution in [0.2, 0.25) is 0 Å². The minimum absolute atomic E-state index is 0.0462. The van der Waals surface area contributed by atoms with Gasteiger partial charge in [-0.25, -0.2) is 9.78 Å². The predicted octanol–water partition coefficient (Wildman–Crippen LogP) is 2.44. The molecule has 9 heteroatoms. The van der Waals surface area contributed by atoms with Gasteiger partial charge in [0.25, 0.3) is 0 Å². The number of fused-ring (bicyclic) bond motifs is 1. The van der Waals surface area contributed by atoms with Crippen LogP contribution in [0, 0.1) is 11.3 Å². The number of nitrogens with two attached hydrogens (primary N) is 1. The maximum absolute atomic E-state index is 11.5. The molecule has 1 aromatic heterocycles. The molecule has 1 amide bonds. The second-order valence-electron chi connectivity index (χ2n) is 7.18. The number of allylic oxidation sites excluding steroid dienone is 1. The van der Waals surface area contributed by atoms with Gasteiger partial charge in [0.15, 0.2) is 0 Å². The second-order valence-corrected chi connectivity index (χ2v) is 8.22. The van der Waals surface area contributed by atoms with Gasteiger partial charge in [0.2, 0.25) is 0 Å². The maximum atomic E-state index is 11.5. The van der Waals surface area contributed by atoms with Crippen molar-refractivity contribution in [3.8, 4) is 0 Å². The third kappa shape index (κ3) is 5.04. The van der Waals surface area contributed by atoms with E-state index in [9.17, 15) is 9.90 Å². The molecule has 0 aliphatic heterocycles. The average molecular weight is 418 g/mol. The summed E-state index contributed by atoms with van der Waals surface area (Å²) in [4.78, 5) is 16.1. The van der Waals surface area contributed by atoms with E-state index in [2.05, 4.69) is 15.6 Å². The average Bonchev–Trinajstić information content (AvgIpc) is 3.23. The fraction of sp³-hybridized carbons (Fsp3) is 0.450. The van der Waals surface area contributed by atoms with Crippen molar-refractivity contribution in [3.63, 3.8) is 0 Å². The summed E-state index contributed by atoms with van der Waals surface area (Å²) < 4.78 is 6.21. The van der Waals surface area contributed by atoms with Crippen molar-refractivity contribution >= 4 is 38.9 Å². The molecule has 1 fully saturated rings. The number of hydrogen-bond donors (Lipinski definition) is 5. The van der Waals surface area contributed by atoms with Crippen molar-refractivity contribution in [3.05, 3.63) is 35.1 Å². The van der Waals surface area contributed by atoms with Gasteiger partial charge in [-0.15, -0.1) is 11.3 Å². The van der Waals surface area contributed by atoms with Crippen LogP contribution in [0.5, 0.6) is 0 Å². The lowest BCUT2D eigenvalue weighted by Crippen LogP contribution is -2.38. The molecule has 0 radical (unpaired) electrons. The third-order valence-corrected chi connectivity index (χ3v) is 5.94. The third-order valence-electron chi connectivity index (χ3n) is 4.89. The first kappa shape index (κ1) is 21.1. The van der Waals surface area contributed by atoms with Crippen LogP contribution in [0.4, 0.5) is 4.79 Å². The molecule has 3 rings (SSSR count). The number of alkyl carbamates (subject to hydrolysis) is 1. The molecule has 3 atom stereocenters. The number of aliphatic hydroxyl groups is 1. The van der Waals surface area contributed by atoms with E-state index in [1.54, 1.807) is 6.92 Å². The summed E-state index contributed by atoms with van der Waals surface area (Å²) in [6.45, 7) is 4.25. The van der Waals surface area contributed by atoms with E-state index >= 15 is 0 Å². The first-order valence-electron chi connectivity index (χ1n) is 9.65. The van der Waals surface area contributed by atoms with Crippen LogP contribution in [-0.4, -0.2) is 47.2 Å². The molecule has 0 spiro atoms. The predicted molar refractivity (Wildman–Crippen MR) is 115 cm³/mol. The van der Waals surface area contributed by atoms with Gasteiger partial charge in [0.1, 0.15) is 10.8 Å². The minimum Gasteiger partial charge on any atom is -0.449 e. The Balaban J connectivity index is 1.71. The number of aromatic nitrogens is 1. The van der Waals surface area contributed by atoms with Gasteiger partial charge in [0.05, 0.1) is 34.5 Å². The minimum atomic E-state index is -0.612. The highest BCUT2D eigenvalue weighted by molar-refractivity contribution is 7.19. The number of rotatable bonds is 7.